The van der Waals surface area contributed by atoms with Crippen LogP contribution in [0.4, 0.5) is 11.4 Å². The van der Waals surface area contributed by atoms with E-state index in [1.54, 1.807) is 0 Å². The van der Waals surface area contributed by atoms with Crippen molar-refractivity contribution < 1.29 is 4.74 Å². The summed E-state index contributed by atoms with van der Waals surface area (Å²) < 4.78 is 5.43. The first-order valence-corrected chi connectivity index (χ1v) is 11.0. The van der Waals surface area contributed by atoms with Crippen LogP contribution in [0.1, 0.15) is 12.0 Å². The van der Waals surface area contributed by atoms with Gasteiger partial charge in [0.2, 0.25) is 0 Å². The minimum Gasteiger partial charge on any atom is -0.378 e. The molecule has 2 aliphatic heterocycles. The summed E-state index contributed by atoms with van der Waals surface area (Å²) in [5, 5.41) is 7.78. The Hall–Kier alpha value is -1.71. The van der Waals surface area contributed by atoms with Crippen molar-refractivity contribution in [1.29, 1.82) is 0 Å². The molecule has 0 bridgehead atoms. The van der Waals surface area contributed by atoms with E-state index in [2.05, 4.69) is 55.8 Å². The predicted molar refractivity (Wildman–Crippen MR) is 140 cm³/mol. The third kappa shape index (κ3) is 6.63. The summed E-state index contributed by atoms with van der Waals surface area (Å²) in [4.78, 5) is 9.13. The van der Waals surface area contributed by atoms with E-state index in [9.17, 15) is 0 Å². The fourth-order valence-corrected chi connectivity index (χ4v) is 4.19. The highest BCUT2D eigenvalue weighted by Gasteiger charge is 2.23. The molecule has 0 aliphatic carbocycles. The van der Waals surface area contributed by atoms with Crippen molar-refractivity contribution in [3.8, 4) is 0 Å². The fourth-order valence-electron chi connectivity index (χ4n) is 4.01. The van der Waals surface area contributed by atoms with Crippen molar-refractivity contribution >= 4 is 52.9 Å². The van der Waals surface area contributed by atoms with E-state index < -0.39 is 0 Å². The number of guanidine groups is 1. The molecule has 2 fully saturated rings. The summed E-state index contributed by atoms with van der Waals surface area (Å²) >= 11 is 6.14. The SMILES string of the molecule is CN=C(NCc1ccc(N2CCOCC2)cc1)NC1CCN(c2cccc(Cl)c2)C1.I. The normalized spacial score (nSPS) is 19.2. The second-order valence-corrected chi connectivity index (χ2v) is 8.18. The fraction of sp³-hybridized carbons (Fsp3) is 0.435. The van der Waals surface area contributed by atoms with E-state index in [-0.39, 0.29) is 24.0 Å². The minimum atomic E-state index is 0. The maximum Gasteiger partial charge on any atom is 0.191 e. The van der Waals surface area contributed by atoms with Gasteiger partial charge in [0.15, 0.2) is 5.96 Å². The molecule has 0 aromatic heterocycles. The molecule has 31 heavy (non-hydrogen) atoms. The number of ether oxygens (including phenoxy) is 1. The van der Waals surface area contributed by atoms with Crippen molar-refractivity contribution in [3.63, 3.8) is 0 Å². The van der Waals surface area contributed by atoms with Crippen LogP contribution in [0.5, 0.6) is 0 Å². The molecule has 0 spiro atoms. The van der Waals surface area contributed by atoms with Crippen LogP contribution < -0.4 is 20.4 Å². The van der Waals surface area contributed by atoms with E-state index in [1.807, 2.05) is 25.2 Å². The van der Waals surface area contributed by atoms with Gasteiger partial charge in [0.05, 0.1) is 13.2 Å². The Morgan fingerprint density at radius 1 is 1.06 bits per heavy atom. The van der Waals surface area contributed by atoms with Gasteiger partial charge in [0.25, 0.3) is 0 Å². The quantitative estimate of drug-likeness (QED) is 0.335. The molecular formula is C23H31ClIN5O. The molecule has 0 saturated carbocycles. The van der Waals surface area contributed by atoms with Crippen LogP contribution in [-0.4, -0.2) is 58.4 Å². The summed E-state index contributed by atoms with van der Waals surface area (Å²) in [6.45, 7) is 6.23. The standard InChI is InChI=1S/C23H30ClN5O.HI/c1-25-23(27-20-9-10-29(17-20)22-4-2-3-19(24)15-22)26-16-18-5-7-21(8-6-18)28-11-13-30-14-12-28;/h2-8,15,20H,9-14,16-17H2,1H3,(H2,25,26,27);1H. The molecule has 8 heteroatoms. The van der Waals surface area contributed by atoms with Crippen LogP contribution in [0.25, 0.3) is 0 Å². The average Bonchev–Trinajstić information content (AvgIpc) is 3.26. The number of anilines is 2. The van der Waals surface area contributed by atoms with Gasteiger partial charge in [0, 0.05) is 62.2 Å². The minimum absolute atomic E-state index is 0. The Morgan fingerprint density at radius 3 is 2.55 bits per heavy atom. The largest absolute Gasteiger partial charge is 0.378 e. The average molecular weight is 556 g/mol. The Labute approximate surface area is 207 Å². The Morgan fingerprint density at radius 2 is 1.84 bits per heavy atom. The number of hydrogen-bond acceptors (Lipinski definition) is 4. The first-order chi connectivity index (χ1) is 14.7. The second-order valence-electron chi connectivity index (χ2n) is 7.75. The number of nitrogens with one attached hydrogen (secondary N) is 2. The maximum atomic E-state index is 6.14. The van der Waals surface area contributed by atoms with Crippen LogP contribution in [0.15, 0.2) is 53.5 Å². The summed E-state index contributed by atoms with van der Waals surface area (Å²) in [6, 6.07) is 17.2. The summed E-state index contributed by atoms with van der Waals surface area (Å²) in [5.74, 6) is 0.838. The van der Waals surface area contributed by atoms with Crippen LogP contribution in [-0.2, 0) is 11.3 Å². The smallest absolute Gasteiger partial charge is 0.191 e. The molecule has 0 amide bonds. The lowest BCUT2D eigenvalue weighted by Crippen LogP contribution is -2.44. The monoisotopic (exact) mass is 555 g/mol. The van der Waals surface area contributed by atoms with E-state index in [0.717, 1.165) is 63.3 Å². The molecule has 168 valence electrons. The van der Waals surface area contributed by atoms with Gasteiger partial charge in [-0.15, -0.1) is 24.0 Å². The highest BCUT2D eigenvalue weighted by atomic mass is 127. The maximum absolute atomic E-state index is 6.14. The van der Waals surface area contributed by atoms with Gasteiger partial charge in [-0.25, -0.2) is 0 Å². The van der Waals surface area contributed by atoms with Gasteiger partial charge < -0.3 is 25.2 Å². The molecular weight excluding hydrogens is 525 g/mol. The van der Waals surface area contributed by atoms with E-state index >= 15 is 0 Å². The van der Waals surface area contributed by atoms with Gasteiger partial charge in [-0.2, -0.15) is 0 Å². The molecule has 2 heterocycles. The number of nitrogens with zero attached hydrogens (tertiary/aromatic N) is 3. The Balaban J connectivity index is 0.00000272. The van der Waals surface area contributed by atoms with Gasteiger partial charge in [-0.05, 0) is 42.3 Å². The molecule has 4 rings (SSSR count). The molecule has 2 aliphatic rings. The third-order valence-corrected chi connectivity index (χ3v) is 5.93. The van der Waals surface area contributed by atoms with Crippen molar-refractivity contribution in [2.24, 2.45) is 4.99 Å². The van der Waals surface area contributed by atoms with Gasteiger partial charge >= 0.3 is 0 Å². The van der Waals surface area contributed by atoms with Crippen molar-refractivity contribution in [3.05, 3.63) is 59.1 Å². The molecule has 1 unspecified atom stereocenters. The Kier molecular flexibility index (Phi) is 9.10. The van der Waals surface area contributed by atoms with E-state index in [0.29, 0.717) is 6.04 Å². The lowest BCUT2D eigenvalue weighted by atomic mass is 10.2. The zero-order valence-electron chi connectivity index (χ0n) is 17.9. The summed E-state index contributed by atoms with van der Waals surface area (Å²) in [7, 11) is 1.82. The molecule has 2 aromatic carbocycles. The first kappa shape index (κ1) is 23.9. The zero-order chi connectivity index (χ0) is 20.8. The van der Waals surface area contributed by atoms with Crippen LogP contribution in [0.2, 0.25) is 5.02 Å². The van der Waals surface area contributed by atoms with Gasteiger partial charge in [-0.3, -0.25) is 4.99 Å². The molecule has 6 nitrogen and oxygen atoms in total. The van der Waals surface area contributed by atoms with Gasteiger partial charge in [-0.1, -0.05) is 29.8 Å². The number of hydrogen-bond donors (Lipinski definition) is 2. The zero-order valence-corrected chi connectivity index (χ0v) is 21.0. The van der Waals surface area contributed by atoms with Gasteiger partial charge in [0.1, 0.15) is 0 Å². The van der Waals surface area contributed by atoms with E-state index in [4.69, 9.17) is 16.3 Å². The Bertz CT molecular complexity index is 857. The van der Waals surface area contributed by atoms with Crippen LogP contribution in [0.3, 0.4) is 0 Å². The number of benzene rings is 2. The van der Waals surface area contributed by atoms with Crippen molar-refractivity contribution in [1.82, 2.24) is 10.6 Å². The number of rotatable bonds is 5. The van der Waals surface area contributed by atoms with E-state index in [1.165, 1.54) is 16.9 Å². The lowest BCUT2D eigenvalue weighted by molar-refractivity contribution is 0.122. The van der Waals surface area contributed by atoms with Crippen LogP contribution in [0, 0.1) is 0 Å². The lowest BCUT2D eigenvalue weighted by Gasteiger charge is -2.29. The summed E-state index contributed by atoms with van der Waals surface area (Å²) in [5.41, 5.74) is 3.67. The third-order valence-electron chi connectivity index (χ3n) is 5.70. The number of aliphatic imine (C=N–C) groups is 1. The summed E-state index contributed by atoms with van der Waals surface area (Å²) in [6.07, 6.45) is 1.07. The highest BCUT2D eigenvalue weighted by Crippen LogP contribution is 2.23. The number of halogens is 2. The van der Waals surface area contributed by atoms with Crippen molar-refractivity contribution in [2.45, 2.75) is 19.0 Å². The van der Waals surface area contributed by atoms with Crippen molar-refractivity contribution in [2.75, 3.05) is 56.2 Å². The molecule has 0 radical (unpaired) electrons. The van der Waals surface area contributed by atoms with Crippen LogP contribution >= 0.6 is 35.6 Å². The molecule has 2 saturated heterocycles. The second kappa shape index (κ2) is 11.8. The first-order valence-electron chi connectivity index (χ1n) is 10.6. The highest BCUT2D eigenvalue weighted by molar-refractivity contribution is 14.0. The molecule has 1 atom stereocenters. The topological polar surface area (TPSA) is 52.1 Å². The number of morpholine rings is 1. The predicted octanol–water partition coefficient (Wildman–Crippen LogP) is 3.74. The molecule has 2 N–H and O–H groups in total. The molecule has 2 aromatic rings.